The van der Waals surface area contributed by atoms with Gasteiger partial charge in [0.2, 0.25) is 0 Å². The maximum Gasteiger partial charge on any atom is 0.523 e. The lowest BCUT2D eigenvalue weighted by atomic mass is 10.2. The first-order valence-electron chi connectivity index (χ1n) is 8.24. The first-order valence-corrected chi connectivity index (χ1v) is 11.5. The summed E-state index contributed by atoms with van der Waals surface area (Å²) < 4.78 is 72.8. The van der Waals surface area contributed by atoms with Gasteiger partial charge in [0.1, 0.15) is 0 Å². The largest absolute Gasteiger partial charge is 0.523 e. The molecular formula is C18H19F3O4S2. The summed E-state index contributed by atoms with van der Waals surface area (Å²) in [6, 6.07) is 17.6. The Labute approximate surface area is 157 Å². The Kier molecular flexibility index (Phi) is 5.85. The highest BCUT2D eigenvalue weighted by Gasteiger charge is 2.53. The molecule has 3 rings (SSSR count). The average Bonchev–Trinajstić information content (AvgIpc) is 3.04. The quantitative estimate of drug-likeness (QED) is 0.640. The molecule has 1 aliphatic rings. The zero-order valence-electron chi connectivity index (χ0n) is 14.3. The van der Waals surface area contributed by atoms with Crippen molar-refractivity contribution in [3.63, 3.8) is 0 Å². The number of halogens is 3. The van der Waals surface area contributed by atoms with Crippen LogP contribution in [-0.4, -0.2) is 31.5 Å². The van der Waals surface area contributed by atoms with Gasteiger partial charge in [0.15, 0.2) is 0 Å². The van der Waals surface area contributed by atoms with Crippen LogP contribution < -0.4 is 0 Å². The second-order valence-corrected chi connectivity index (χ2v) is 10.9. The maximum atomic E-state index is 12.9. The van der Waals surface area contributed by atoms with Crippen LogP contribution in [0.5, 0.6) is 0 Å². The zero-order chi connectivity index (χ0) is 19.5. The van der Waals surface area contributed by atoms with Crippen LogP contribution in [0.3, 0.4) is 0 Å². The standard InChI is InChI=1S/C18H19F3O4S2/c19-18(20,21)27(22,23)25-26(17-9-5-2-6-10-17)12-11-16(14-26)24-13-15-7-3-1-4-8-15/h1-10,16H,11-14H2. The summed E-state index contributed by atoms with van der Waals surface area (Å²) in [5, 5.41) is 0. The molecule has 0 bridgehead atoms. The van der Waals surface area contributed by atoms with E-state index in [2.05, 4.69) is 0 Å². The molecule has 0 saturated carbocycles. The molecule has 2 unspecified atom stereocenters. The van der Waals surface area contributed by atoms with Gasteiger partial charge in [0.05, 0.1) is 12.7 Å². The Balaban J connectivity index is 1.80. The molecule has 2 atom stereocenters. The molecule has 1 heterocycles. The molecule has 2 aromatic rings. The molecule has 27 heavy (non-hydrogen) atoms. The van der Waals surface area contributed by atoms with Crippen molar-refractivity contribution in [3.05, 3.63) is 66.2 Å². The normalized spacial score (nSPS) is 25.8. The van der Waals surface area contributed by atoms with E-state index in [9.17, 15) is 21.6 Å². The Morgan fingerprint density at radius 2 is 1.59 bits per heavy atom. The SMILES string of the molecule is O=S(=O)(OS1(c2ccccc2)CCC(OCc2ccccc2)C1)C(F)(F)F. The smallest absolute Gasteiger partial charge is 0.373 e. The van der Waals surface area contributed by atoms with E-state index in [1.54, 1.807) is 30.3 Å². The van der Waals surface area contributed by atoms with Gasteiger partial charge < -0.3 is 4.74 Å². The third kappa shape index (κ3) is 4.66. The molecule has 148 valence electrons. The van der Waals surface area contributed by atoms with Crippen molar-refractivity contribution in [1.29, 1.82) is 0 Å². The molecule has 0 N–H and O–H groups in total. The van der Waals surface area contributed by atoms with E-state index in [-0.39, 0.29) is 17.6 Å². The highest BCUT2D eigenvalue weighted by atomic mass is 32.3. The predicted molar refractivity (Wildman–Crippen MR) is 97.7 cm³/mol. The highest BCUT2D eigenvalue weighted by molar-refractivity contribution is 8.33. The third-order valence-corrected chi connectivity index (χ3v) is 9.49. The van der Waals surface area contributed by atoms with Crippen LogP contribution in [0.4, 0.5) is 13.2 Å². The minimum Gasteiger partial charge on any atom is -0.373 e. The maximum absolute atomic E-state index is 12.9. The summed E-state index contributed by atoms with van der Waals surface area (Å²) >= 11 is 0. The summed E-state index contributed by atoms with van der Waals surface area (Å²) in [6.45, 7) is 0.307. The predicted octanol–water partition coefficient (Wildman–Crippen LogP) is 4.62. The van der Waals surface area contributed by atoms with Crippen molar-refractivity contribution in [2.75, 3.05) is 11.5 Å². The van der Waals surface area contributed by atoms with Crippen LogP contribution in [0.15, 0.2) is 65.6 Å². The number of ether oxygens (including phenoxy) is 1. The summed E-state index contributed by atoms with van der Waals surface area (Å²) in [6.07, 6.45) is 0.0635. The summed E-state index contributed by atoms with van der Waals surface area (Å²) in [4.78, 5) is 0.476. The van der Waals surface area contributed by atoms with Crippen molar-refractivity contribution in [1.82, 2.24) is 0 Å². The molecule has 2 aromatic carbocycles. The van der Waals surface area contributed by atoms with Gasteiger partial charge in [-0.2, -0.15) is 21.6 Å². The Hall–Kier alpha value is -1.55. The van der Waals surface area contributed by atoms with E-state index in [1.165, 1.54) is 0 Å². The van der Waals surface area contributed by atoms with E-state index in [0.717, 1.165) is 5.56 Å². The molecule has 0 aliphatic carbocycles. The van der Waals surface area contributed by atoms with Crippen LogP contribution in [-0.2, 0) is 25.1 Å². The van der Waals surface area contributed by atoms with Crippen molar-refractivity contribution >= 4 is 20.4 Å². The fourth-order valence-corrected chi connectivity index (χ4v) is 8.15. The Bertz CT molecular complexity index is 857. The lowest BCUT2D eigenvalue weighted by Gasteiger charge is -2.34. The van der Waals surface area contributed by atoms with E-state index in [4.69, 9.17) is 8.37 Å². The van der Waals surface area contributed by atoms with Gasteiger partial charge in [0.25, 0.3) is 0 Å². The van der Waals surface area contributed by atoms with E-state index in [0.29, 0.717) is 17.9 Å². The summed E-state index contributed by atoms with van der Waals surface area (Å²) in [5.41, 5.74) is -4.52. The molecule has 4 nitrogen and oxygen atoms in total. The lowest BCUT2D eigenvalue weighted by molar-refractivity contribution is -0.0496. The van der Waals surface area contributed by atoms with Gasteiger partial charge in [-0.1, -0.05) is 58.8 Å². The molecule has 0 amide bonds. The van der Waals surface area contributed by atoms with Gasteiger partial charge in [0, 0.05) is 16.4 Å². The average molecular weight is 420 g/mol. The highest BCUT2D eigenvalue weighted by Crippen LogP contribution is 2.63. The van der Waals surface area contributed by atoms with Gasteiger partial charge in [-0.3, -0.25) is 0 Å². The molecule has 1 saturated heterocycles. The number of hydrogen-bond acceptors (Lipinski definition) is 4. The number of rotatable bonds is 6. The monoisotopic (exact) mass is 420 g/mol. The van der Waals surface area contributed by atoms with Crippen LogP contribution >= 0.6 is 10.3 Å². The molecule has 9 heteroatoms. The molecule has 1 aliphatic heterocycles. The first kappa shape index (κ1) is 20.2. The zero-order valence-corrected chi connectivity index (χ0v) is 15.9. The van der Waals surface area contributed by atoms with Gasteiger partial charge in [-0.15, -0.1) is 0 Å². The molecular weight excluding hydrogens is 401 g/mol. The van der Waals surface area contributed by atoms with Crippen molar-refractivity contribution in [2.24, 2.45) is 0 Å². The summed E-state index contributed by atoms with van der Waals surface area (Å²) in [5.74, 6) is 0.310. The van der Waals surface area contributed by atoms with E-state index >= 15 is 0 Å². The second kappa shape index (κ2) is 7.83. The topological polar surface area (TPSA) is 52.6 Å². The van der Waals surface area contributed by atoms with Crippen LogP contribution in [0.2, 0.25) is 0 Å². The van der Waals surface area contributed by atoms with Crippen molar-refractivity contribution in [2.45, 2.75) is 29.5 Å². The van der Waals surface area contributed by atoms with Crippen molar-refractivity contribution < 1.29 is 30.0 Å². The Morgan fingerprint density at radius 3 is 2.19 bits per heavy atom. The van der Waals surface area contributed by atoms with Crippen LogP contribution in [0, 0.1) is 0 Å². The number of benzene rings is 2. The van der Waals surface area contributed by atoms with Gasteiger partial charge >= 0.3 is 15.6 Å². The van der Waals surface area contributed by atoms with Gasteiger partial charge in [-0.05, 0) is 24.1 Å². The molecule has 0 radical (unpaired) electrons. The molecule has 1 fully saturated rings. The Morgan fingerprint density at radius 1 is 1.00 bits per heavy atom. The van der Waals surface area contributed by atoms with E-state index < -0.39 is 25.9 Å². The summed E-state index contributed by atoms with van der Waals surface area (Å²) in [7, 11) is -8.36. The minimum absolute atomic E-state index is 0.110. The minimum atomic E-state index is -5.70. The molecule has 0 aromatic heterocycles. The lowest BCUT2D eigenvalue weighted by Crippen LogP contribution is -2.28. The second-order valence-electron chi connectivity index (χ2n) is 6.17. The van der Waals surface area contributed by atoms with Crippen molar-refractivity contribution in [3.8, 4) is 0 Å². The number of alkyl halides is 3. The van der Waals surface area contributed by atoms with Crippen LogP contribution in [0.1, 0.15) is 12.0 Å². The van der Waals surface area contributed by atoms with E-state index in [1.807, 2.05) is 30.3 Å². The van der Waals surface area contributed by atoms with Gasteiger partial charge in [-0.25, -0.2) is 3.63 Å². The van der Waals surface area contributed by atoms with Crippen LogP contribution in [0.25, 0.3) is 0 Å². The third-order valence-electron chi connectivity index (χ3n) is 4.23. The molecule has 0 spiro atoms. The fourth-order valence-electron chi connectivity index (χ4n) is 2.90. The number of hydrogen-bond donors (Lipinski definition) is 0. The fraction of sp³-hybridized carbons (Fsp3) is 0.333. The first-order chi connectivity index (χ1) is 12.7.